The molecule has 1 N–H and O–H groups in total. The molecule has 1 aromatic heterocycles. The van der Waals surface area contributed by atoms with Gasteiger partial charge >= 0.3 is 0 Å². The average molecular weight is 214 g/mol. The van der Waals surface area contributed by atoms with Gasteiger partial charge in [-0.25, -0.2) is 8.42 Å². The van der Waals surface area contributed by atoms with Gasteiger partial charge in [0.1, 0.15) is 0 Å². The van der Waals surface area contributed by atoms with Crippen molar-refractivity contribution in [3.8, 4) is 0 Å². The van der Waals surface area contributed by atoms with E-state index in [0.29, 0.717) is 12.1 Å². The molecule has 0 radical (unpaired) electrons. The molecule has 5 heteroatoms. The molecule has 78 valence electrons. The standard InChI is InChI=1S/C9H14N2O2S/c1-4-8-9(11-14(3,12)13)7(2)5-6-10-8/h5-6,11H,4H2,1-3H3. The highest BCUT2D eigenvalue weighted by Gasteiger charge is 2.09. The lowest BCUT2D eigenvalue weighted by molar-refractivity contribution is 0.606. The van der Waals surface area contributed by atoms with Gasteiger partial charge in [-0.1, -0.05) is 6.92 Å². The first-order chi connectivity index (χ1) is 6.44. The third-order valence-electron chi connectivity index (χ3n) is 1.86. The van der Waals surface area contributed by atoms with Crippen LogP contribution in [0.5, 0.6) is 0 Å². The predicted molar refractivity (Wildman–Crippen MR) is 56.8 cm³/mol. The van der Waals surface area contributed by atoms with Crippen molar-refractivity contribution >= 4 is 15.7 Å². The number of anilines is 1. The number of rotatable bonds is 3. The fourth-order valence-electron chi connectivity index (χ4n) is 1.21. The fraction of sp³-hybridized carbons (Fsp3) is 0.444. The summed E-state index contributed by atoms with van der Waals surface area (Å²) < 4.78 is 24.6. The van der Waals surface area contributed by atoms with E-state index in [1.807, 2.05) is 13.8 Å². The second-order valence-electron chi connectivity index (χ2n) is 3.18. The van der Waals surface area contributed by atoms with Crippen molar-refractivity contribution in [3.05, 3.63) is 23.5 Å². The van der Waals surface area contributed by atoms with Crippen LogP contribution in [0.25, 0.3) is 0 Å². The van der Waals surface area contributed by atoms with E-state index >= 15 is 0 Å². The Balaban J connectivity index is 3.18. The normalized spacial score (nSPS) is 11.4. The number of nitrogens with zero attached hydrogens (tertiary/aromatic N) is 1. The third-order valence-corrected chi connectivity index (χ3v) is 2.44. The van der Waals surface area contributed by atoms with Crippen molar-refractivity contribution in [2.45, 2.75) is 20.3 Å². The quantitative estimate of drug-likeness (QED) is 0.825. The molecule has 0 fully saturated rings. The van der Waals surface area contributed by atoms with Gasteiger partial charge in [0.25, 0.3) is 0 Å². The Morgan fingerprint density at radius 2 is 2.14 bits per heavy atom. The van der Waals surface area contributed by atoms with E-state index in [1.54, 1.807) is 12.3 Å². The molecule has 1 aromatic rings. The zero-order chi connectivity index (χ0) is 10.8. The largest absolute Gasteiger partial charge is 0.282 e. The average Bonchev–Trinajstić information content (AvgIpc) is 2.06. The number of hydrogen-bond donors (Lipinski definition) is 1. The van der Waals surface area contributed by atoms with Crippen molar-refractivity contribution in [2.75, 3.05) is 11.0 Å². The van der Waals surface area contributed by atoms with E-state index in [4.69, 9.17) is 0 Å². The van der Waals surface area contributed by atoms with Crippen molar-refractivity contribution in [3.63, 3.8) is 0 Å². The first kappa shape index (κ1) is 11.0. The minimum Gasteiger partial charge on any atom is -0.282 e. The zero-order valence-corrected chi connectivity index (χ0v) is 9.35. The topological polar surface area (TPSA) is 59.1 Å². The van der Waals surface area contributed by atoms with Crippen LogP contribution >= 0.6 is 0 Å². The Morgan fingerprint density at radius 3 is 2.64 bits per heavy atom. The van der Waals surface area contributed by atoms with Crippen molar-refractivity contribution in [1.29, 1.82) is 0 Å². The molecule has 0 aromatic carbocycles. The highest BCUT2D eigenvalue weighted by molar-refractivity contribution is 7.92. The van der Waals surface area contributed by atoms with Crippen LogP contribution in [0.3, 0.4) is 0 Å². The van der Waals surface area contributed by atoms with Crippen LogP contribution in [0.2, 0.25) is 0 Å². The minimum absolute atomic E-state index is 0.609. The van der Waals surface area contributed by atoms with Crippen LogP contribution in [0, 0.1) is 6.92 Å². The number of aromatic nitrogens is 1. The van der Waals surface area contributed by atoms with Crippen LogP contribution < -0.4 is 4.72 Å². The molecule has 1 heterocycles. The summed E-state index contributed by atoms with van der Waals surface area (Å²) in [6, 6.07) is 1.78. The van der Waals surface area contributed by atoms with E-state index in [1.165, 1.54) is 0 Å². The van der Waals surface area contributed by atoms with Crippen LogP contribution in [-0.2, 0) is 16.4 Å². The number of hydrogen-bond acceptors (Lipinski definition) is 3. The Bertz CT molecular complexity index is 426. The fourth-order valence-corrected chi connectivity index (χ4v) is 1.86. The summed E-state index contributed by atoms with van der Waals surface area (Å²) in [6.45, 7) is 3.80. The smallest absolute Gasteiger partial charge is 0.229 e. The SMILES string of the molecule is CCc1nccc(C)c1NS(C)(=O)=O. The molecule has 0 unspecified atom stereocenters. The van der Waals surface area contributed by atoms with Gasteiger partial charge in [0, 0.05) is 6.20 Å². The van der Waals surface area contributed by atoms with Gasteiger partial charge in [0.15, 0.2) is 0 Å². The van der Waals surface area contributed by atoms with E-state index in [0.717, 1.165) is 17.5 Å². The van der Waals surface area contributed by atoms with Crippen LogP contribution in [0.4, 0.5) is 5.69 Å². The predicted octanol–water partition coefficient (Wildman–Crippen LogP) is 1.32. The molecule has 0 bridgehead atoms. The van der Waals surface area contributed by atoms with E-state index in [2.05, 4.69) is 9.71 Å². The molecule has 0 aliphatic carbocycles. The second kappa shape index (κ2) is 3.96. The molecule has 0 saturated heterocycles. The molecule has 1 rings (SSSR count). The van der Waals surface area contributed by atoms with Gasteiger partial charge in [-0.05, 0) is 25.0 Å². The molecule has 14 heavy (non-hydrogen) atoms. The third kappa shape index (κ3) is 2.70. The molecule has 0 aliphatic heterocycles. The molecule has 0 saturated carbocycles. The molecular formula is C9H14N2O2S. The van der Waals surface area contributed by atoms with Gasteiger partial charge in [0.05, 0.1) is 17.6 Å². The van der Waals surface area contributed by atoms with Crippen molar-refractivity contribution in [1.82, 2.24) is 4.98 Å². The second-order valence-corrected chi connectivity index (χ2v) is 4.93. The molecule has 0 atom stereocenters. The summed E-state index contributed by atoms with van der Waals surface area (Å²) in [5.74, 6) is 0. The summed E-state index contributed by atoms with van der Waals surface area (Å²) >= 11 is 0. The van der Waals surface area contributed by atoms with Gasteiger partial charge in [-0.3, -0.25) is 9.71 Å². The maximum Gasteiger partial charge on any atom is 0.229 e. The lowest BCUT2D eigenvalue weighted by atomic mass is 10.2. The first-order valence-electron chi connectivity index (χ1n) is 4.36. The summed E-state index contributed by atoms with van der Waals surface area (Å²) in [4.78, 5) is 4.12. The number of aryl methyl sites for hydroxylation is 2. The molecule has 0 amide bonds. The Kier molecular flexibility index (Phi) is 3.10. The van der Waals surface area contributed by atoms with Crippen molar-refractivity contribution < 1.29 is 8.42 Å². The number of sulfonamides is 1. The molecule has 4 nitrogen and oxygen atoms in total. The monoisotopic (exact) mass is 214 g/mol. The first-order valence-corrected chi connectivity index (χ1v) is 6.25. The zero-order valence-electron chi connectivity index (χ0n) is 8.53. The minimum atomic E-state index is -3.22. The maximum absolute atomic E-state index is 11.1. The van der Waals surface area contributed by atoms with Crippen LogP contribution in [-0.4, -0.2) is 19.7 Å². The molecule has 0 aliphatic rings. The van der Waals surface area contributed by atoms with Gasteiger partial charge < -0.3 is 0 Å². The number of nitrogens with one attached hydrogen (secondary N) is 1. The summed E-state index contributed by atoms with van der Waals surface area (Å²) in [6.07, 6.45) is 3.53. The lowest BCUT2D eigenvalue weighted by Gasteiger charge is -2.10. The summed E-state index contributed by atoms with van der Waals surface area (Å²) in [5, 5.41) is 0. The molecular weight excluding hydrogens is 200 g/mol. The van der Waals surface area contributed by atoms with Gasteiger partial charge in [0.2, 0.25) is 10.0 Å². The van der Waals surface area contributed by atoms with E-state index < -0.39 is 10.0 Å². The summed E-state index contributed by atoms with van der Waals surface area (Å²) in [7, 11) is -3.22. The Hall–Kier alpha value is -1.10. The maximum atomic E-state index is 11.1. The van der Waals surface area contributed by atoms with Gasteiger partial charge in [-0.2, -0.15) is 0 Å². The van der Waals surface area contributed by atoms with Crippen LogP contribution in [0.1, 0.15) is 18.2 Å². The Labute approximate surface area is 84.4 Å². The van der Waals surface area contributed by atoms with E-state index in [9.17, 15) is 8.42 Å². The molecule has 0 spiro atoms. The van der Waals surface area contributed by atoms with Gasteiger partial charge in [-0.15, -0.1) is 0 Å². The highest BCUT2D eigenvalue weighted by atomic mass is 32.2. The summed E-state index contributed by atoms with van der Waals surface area (Å²) in [5.41, 5.74) is 2.27. The van der Waals surface area contributed by atoms with Crippen molar-refractivity contribution in [2.24, 2.45) is 0 Å². The van der Waals surface area contributed by atoms with Crippen LogP contribution in [0.15, 0.2) is 12.3 Å². The lowest BCUT2D eigenvalue weighted by Crippen LogP contribution is -2.13. The number of pyridine rings is 1. The Morgan fingerprint density at radius 1 is 1.50 bits per heavy atom. The highest BCUT2D eigenvalue weighted by Crippen LogP contribution is 2.19. The van der Waals surface area contributed by atoms with E-state index in [-0.39, 0.29) is 0 Å².